The maximum absolute atomic E-state index is 13.2. The Balaban J connectivity index is 2.46. The predicted octanol–water partition coefficient (Wildman–Crippen LogP) is 3.66. The molecule has 0 saturated heterocycles. The lowest BCUT2D eigenvalue weighted by molar-refractivity contribution is -0.119. The van der Waals surface area contributed by atoms with Crippen LogP contribution in [-0.4, -0.2) is 5.78 Å². The monoisotopic (exact) mass is 226 g/mol. The Kier molecular flexibility index (Phi) is 5.09. The molecule has 0 bridgehead atoms. The number of Topliss-reactive ketones (excluding diaryl/α,β-unsaturated/α-hetero) is 1. The van der Waals surface area contributed by atoms with Gasteiger partial charge in [0.05, 0.1) is 0 Å². The van der Waals surface area contributed by atoms with Gasteiger partial charge in [-0.05, 0) is 31.4 Å². The van der Waals surface area contributed by atoms with Gasteiger partial charge in [0.15, 0.2) is 0 Å². The fourth-order valence-electron chi connectivity index (χ4n) is 1.64. The second kappa shape index (κ2) is 6.36. The van der Waals surface area contributed by atoms with Crippen molar-refractivity contribution >= 4 is 5.78 Å². The highest BCUT2D eigenvalue weighted by molar-refractivity contribution is 5.78. The molecule has 0 aliphatic rings. The molecular formula is C13H16F2O. The van der Waals surface area contributed by atoms with Gasteiger partial charge in [-0.15, -0.1) is 0 Å². The molecule has 0 heterocycles. The molecule has 1 rings (SSSR count). The summed E-state index contributed by atoms with van der Waals surface area (Å²) in [7, 11) is 0. The van der Waals surface area contributed by atoms with Crippen LogP contribution in [0.3, 0.4) is 0 Å². The van der Waals surface area contributed by atoms with Crippen molar-refractivity contribution in [1.29, 1.82) is 0 Å². The Hall–Kier alpha value is -1.25. The van der Waals surface area contributed by atoms with Gasteiger partial charge in [-0.2, -0.15) is 0 Å². The molecule has 1 nitrogen and oxygen atoms in total. The van der Waals surface area contributed by atoms with Crippen molar-refractivity contribution in [3.05, 3.63) is 35.4 Å². The summed E-state index contributed by atoms with van der Waals surface area (Å²) in [5, 5.41) is 0. The SMILES string of the molecule is CCCC(=O)CCCc1c(F)cccc1F. The van der Waals surface area contributed by atoms with E-state index < -0.39 is 11.6 Å². The molecule has 0 amide bonds. The van der Waals surface area contributed by atoms with Crippen molar-refractivity contribution in [1.82, 2.24) is 0 Å². The summed E-state index contributed by atoms with van der Waals surface area (Å²) < 4.78 is 26.4. The molecule has 1 aromatic rings. The minimum absolute atomic E-state index is 0.0896. The zero-order valence-corrected chi connectivity index (χ0v) is 9.43. The Morgan fingerprint density at radius 1 is 1.19 bits per heavy atom. The largest absolute Gasteiger partial charge is 0.300 e. The Labute approximate surface area is 94.5 Å². The normalized spacial score (nSPS) is 10.4. The fraction of sp³-hybridized carbons (Fsp3) is 0.462. The van der Waals surface area contributed by atoms with E-state index in [0.29, 0.717) is 19.3 Å². The summed E-state index contributed by atoms with van der Waals surface area (Å²) in [5.41, 5.74) is 0.0896. The first-order chi connectivity index (χ1) is 7.65. The maximum Gasteiger partial charge on any atom is 0.132 e. The molecule has 0 spiro atoms. The van der Waals surface area contributed by atoms with Crippen LogP contribution in [0.5, 0.6) is 0 Å². The van der Waals surface area contributed by atoms with E-state index in [1.54, 1.807) is 0 Å². The highest BCUT2D eigenvalue weighted by Gasteiger charge is 2.08. The van der Waals surface area contributed by atoms with Crippen molar-refractivity contribution in [2.75, 3.05) is 0 Å². The maximum atomic E-state index is 13.2. The van der Waals surface area contributed by atoms with Crippen LogP contribution < -0.4 is 0 Å². The lowest BCUT2D eigenvalue weighted by atomic mass is 10.0. The van der Waals surface area contributed by atoms with Gasteiger partial charge in [0.1, 0.15) is 17.4 Å². The van der Waals surface area contributed by atoms with Gasteiger partial charge >= 0.3 is 0 Å². The van der Waals surface area contributed by atoms with Crippen LogP contribution in [0.25, 0.3) is 0 Å². The molecule has 0 radical (unpaired) electrons. The molecule has 0 aliphatic carbocycles. The van der Waals surface area contributed by atoms with Gasteiger partial charge in [0.25, 0.3) is 0 Å². The molecular weight excluding hydrogens is 210 g/mol. The van der Waals surface area contributed by atoms with Crippen molar-refractivity contribution in [2.24, 2.45) is 0 Å². The zero-order chi connectivity index (χ0) is 12.0. The van der Waals surface area contributed by atoms with Crippen LogP contribution in [0, 0.1) is 11.6 Å². The highest BCUT2D eigenvalue weighted by atomic mass is 19.1. The van der Waals surface area contributed by atoms with E-state index in [9.17, 15) is 13.6 Å². The summed E-state index contributed by atoms with van der Waals surface area (Å²) >= 11 is 0. The van der Waals surface area contributed by atoms with Crippen molar-refractivity contribution < 1.29 is 13.6 Å². The van der Waals surface area contributed by atoms with Gasteiger partial charge < -0.3 is 0 Å². The fourth-order valence-corrected chi connectivity index (χ4v) is 1.64. The third kappa shape index (κ3) is 3.72. The van der Waals surface area contributed by atoms with E-state index in [0.717, 1.165) is 6.42 Å². The van der Waals surface area contributed by atoms with E-state index in [4.69, 9.17) is 0 Å². The quantitative estimate of drug-likeness (QED) is 0.723. The standard InChI is InChI=1S/C13H16F2O/c1-2-5-10(16)6-3-7-11-12(14)8-4-9-13(11)15/h4,8-9H,2-3,5-7H2,1H3. The third-order valence-corrected chi connectivity index (χ3v) is 2.47. The van der Waals surface area contributed by atoms with E-state index in [2.05, 4.69) is 0 Å². The molecule has 0 unspecified atom stereocenters. The van der Waals surface area contributed by atoms with Crippen LogP contribution in [-0.2, 0) is 11.2 Å². The van der Waals surface area contributed by atoms with Crippen LogP contribution in [0.15, 0.2) is 18.2 Å². The number of hydrogen-bond acceptors (Lipinski definition) is 1. The first kappa shape index (κ1) is 12.8. The van der Waals surface area contributed by atoms with Gasteiger partial charge in [0.2, 0.25) is 0 Å². The van der Waals surface area contributed by atoms with E-state index in [1.165, 1.54) is 18.2 Å². The van der Waals surface area contributed by atoms with Crippen molar-refractivity contribution in [3.8, 4) is 0 Å². The Bertz CT molecular complexity index is 341. The van der Waals surface area contributed by atoms with Gasteiger partial charge in [0, 0.05) is 18.4 Å². The molecule has 16 heavy (non-hydrogen) atoms. The molecule has 0 aromatic heterocycles. The van der Waals surface area contributed by atoms with E-state index >= 15 is 0 Å². The summed E-state index contributed by atoms with van der Waals surface area (Å²) in [6, 6.07) is 3.83. The second-order valence-corrected chi connectivity index (χ2v) is 3.84. The molecule has 1 aromatic carbocycles. The summed E-state index contributed by atoms with van der Waals surface area (Å²) in [4.78, 5) is 11.2. The number of benzene rings is 1. The molecule has 0 saturated carbocycles. The molecule has 0 fully saturated rings. The van der Waals surface area contributed by atoms with Gasteiger partial charge in [-0.3, -0.25) is 4.79 Å². The number of carbonyl (C=O) groups is 1. The molecule has 3 heteroatoms. The highest BCUT2D eigenvalue weighted by Crippen LogP contribution is 2.15. The number of hydrogen-bond donors (Lipinski definition) is 0. The average molecular weight is 226 g/mol. The van der Waals surface area contributed by atoms with Crippen LogP contribution in [0.1, 0.15) is 38.2 Å². The zero-order valence-electron chi connectivity index (χ0n) is 9.43. The number of ketones is 1. The third-order valence-electron chi connectivity index (χ3n) is 2.47. The number of halogens is 2. The van der Waals surface area contributed by atoms with Crippen LogP contribution >= 0.6 is 0 Å². The summed E-state index contributed by atoms with van der Waals surface area (Å²) in [5.74, 6) is -0.884. The van der Waals surface area contributed by atoms with E-state index in [1.807, 2.05) is 6.92 Å². The molecule has 0 atom stereocenters. The first-order valence-corrected chi connectivity index (χ1v) is 5.59. The lowest BCUT2D eigenvalue weighted by Crippen LogP contribution is -2.00. The Morgan fingerprint density at radius 3 is 2.38 bits per heavy atom. The van der Waals surface area contributed by atoms with Crippen LogP contribution in [0.2, 0.25) is 0 Å². The van der Waals surface area contributed by atoms with Crippen molar-refractivity contribution in [2.45, 2.75) is 39.0 Å². The predicted molar refractivity (Wildman–Crippen MR) is 59.2 cm³/mol. The second-order valence-electron chi connectivity index (χ2n) is 3.84. The van der Waals surface area contributed by atoms with Gasteiger partial charge in [-0.1, -0.05) is 13.0 Å². The molecule has 0 aliphatic heterocycles. The Morgan fingerprint density at radius 2 is 1.81 bits per heavy atom. The topological polar surface area (TPSA) is 17.1 Å². The average Bonchev–Trinajstić information content (AvgIpc) is 2.23. The number of carbonyl (C=O) groups excluding carboxylic acids is 1. The van der Waals surface area contributed by atoms with Crippen molar-refractivity contribution in [3.63, 3.8) is 0 Å². The van der Waals surface area contributed by atoms with Gasteiger partial charge in [-0.25, -0.2) is 8.78 Å². The molecule has 0 N–H and O–H groups in total. The first-order valence-electron chi connectivity index (χ1n) is 5.59. The van der Waals surface area contributed by atoms with Crippen LogP contribution in [0.4, 0.5) is 8.78 Å². The summed E-state index contributed by atoms with van der Waals surface area (Å²) in [6.07, 6.45) is 2.58. The molecule has 88 valence electrons. The number of rotatable bonds is 6. The smallest absolute Gasteiger partial charge is 0.132 e. The summed E-state index contributed by atoms with van der Waals surface area (Å²) in [6.45, 7) is 1.94. The van der Waals surface area contributed by atoms with E-state index in [-0.39, 0.29) is 17.8 Å². The minimum Gasteiger partial charge on any atom is -0.300 e. The lowest BCUT2D eigenvalue weighted by Gasteiger charge is -2.04. The minimum atomic E-state index is -0.525.